The first kappa shape index (κ1) is 14.4. The number of nitrogens with one attached hydrogen (secondary N) is 1. The molecule has 1 aromatic heterocycles. The maximum Gasteiger partial charge on any atom is 0.318 e. The van der Waals surface area contributed by atoms with Gasteiger partial charge in [-0.05, 0) is 42.0 Å². The number of urea groups is 1. The van der Waals surface area contributed by atoms with Crippen LogP contribution in [0.3, 0.4) is 0 Å². The topological polar surface area (TPSA) is 32.3 Å². The molecule has 2 heterocycles. The molecule has 110 valence electrons. The predicted octanol–water partition coefficient (Wildman–Crippen LogP) is 4.23. The number of hydrogen-bond donors (Lipinski definition) is 1. The van der Waals surface area contributed by atoms with Crippen molar-refractivity contribution >= 4 is 29.0 Å². The molecule has 1 aliphatic heterocycles. The van der Waals surface area contributed by atoms with Crippen molar-refractivity contribution < 1.29 is 4.79 Å². The van der Waals surface area contributed by atoms with Crippen molar-refractivity contribution in [1.29, 1.82) is 0 Å². The average molecular weight is 321 g/mol. The lowest BCUT2D eigenvalue weighted by molar-refractivity contribution is 0.189. The molecule has 0 bridgehead atoms. The maximum absolute atomic E-state index is 12.4. The van der Waals surface area contributed by atoms with Crippen molar-refractivity contribution in [3.8, 4) is 0 Å². The fraction of sp³-hybridized carbons (Fsp3) is 0.312. The second-order valence-electron chi connectivity index (χ2n) is 5.23. The summed E-state index contributed by atoms with van der Waals surface area (Å²) in [5.41, 5.74) is 2.22. The molecule has 0 radical (unpaired) electrons. The summed E-state index contributed by atoms with van der Waals surface area (Å²) in [5.74, 6) is 0. The maximum atomic E-state index is 12.4. The van der Waals surface area contributed by atoms with Gasteiger partial charge >= 0.3 is 6.03 Å². The minimum atomic E-state index is -0.102. The summed E-state index contributed by atoms with van der Waals surface area (Å²) in [4.78, 5) is 15.7. The van der Waals surface area contributed by atoms with E-state index in [9.17, 15) is 4.79 Å². The third kappa shape index (κ3) is 3.06. The Bertz CT molecular complexity index is 655. The van der Waals surface area contributed by atoms with Crippen molar-refractivity contribution in [3.63, 3.8) is 0 Å². The van der Waals surface area contributed by atoms with E-state index in [4.69, 9.17) is 11.6 Å². The Labute approximate surface area is 133 Å². The van der Waals surface area contributed by atoms with Gasteiger partial charge in [0.05, 0.1) is 6.04 Å². The summed E-state index contributed by atoms with van der Waals surface area (Å²) in [6.45, 7) is 3.42. The number of hydrogen-bond acceptors (Lipinski definition) is 2. The van der Waals surface area contributed by atoms with E-state index in [1.54, 1.807) is 11.3 Å². The highest BCUT2D eigenvalue weighted by atomic mass is 35.5. The highest BCUT2D eigenvalue weighted by Crippen LogP contribution is 2.25. The van der Waals surface area contributed by atoms with Gasteiger partial charge < -0.3 is 10.2 Å². The lowest BCUT2D eigenvalue weighted by atomic mass is 10.1. The van der Waals surface area contributed by atoms with E-state index in [1.165, 1.54) is 10.4 Å². The second-order valence-corrected chi connectivity index (χ2v) is 6.64. The number of carbonyl (C=O) groups excluding carboxylic acids is 1. The Hall–Kier alpha value is -1.52. The molecule has 2 aromatic rings. The number of carbonyl (C=O) groups is 1. The Balaban J connectivity index is 1.66. The third-order valence-electron chi connectivity index (χ3n) is 3.81. The summed E-state index contributed by atoms with van der Waals surface area (Å²) in [7, 11) is 0. The minimum absolute atomic E-state index is 0.0285. The lowest BCUT2D eigenvalue weighted by Crippen LogP contribution is -2.43. The van der Waals surface area contributed by atoms with Crippen molar-refractivity contribution in [2.75, 3.05) is 6.54 Å². The monoisotopic (exact) mass is 320 g/mol. The van der Waals surface area contributed by atoms with Gasteiger partial charge in [-0.25, -0.2) is 4.79 Å². The number of benzene rings is 1. The summed E-state index contributed by atoms with van der Waals surface area (Å²) in [6, 6.07) is 9.59. The zero-order valence-corrected chi connectivity index (χ0v) is 13.4. The average Bonchev–Trinajstić information content (AvgIpc) is 2.94. The van der Waals surface area contributed by atoms with E-state index in [0.717, 1.165) is 18.5 Å². The van der Waals surface area contributed by atoms with Gasteiger partial charge in [0.1, 0.15) is 0 Å². The number of thiophene rings is 1. The van der Waals surface area contributed by atoms with Crippen molar-refractivity contribution in [1.82, 2.24) is 10.2 Å². The minimum Gasteiger partial charge on any atom is -0.331 e. The standard InChI is InChI=1S/C16H17ClN2OS/c1-11(13-4-2-3-5-14(13)17)18-16(20)19-8-6-15-12(10-19)7-9-21-15/h2-5,7,9,11H,6,8,10H2,1H3,(H,18,20). The van der Waals surface area contributed by atoms with Crippen LogP contribution in [0.5, 0.6) is 0 Å². The zero-order valence-electron chi connectivity index (χ0n) is 11.8. The van der Waals surface area contributed by atoms with Crippen molar-refractivity contribution in [3.05, 3.63) is 56.7 Å². The van der Waals surface area contributed by atoms with Crippen LogP contribution in [0.2, 0.25) is 5.02 Å². The Morgan fingerprint density at radius 2 is 2.19 bits per heavy atom. The quantitative estimate of drug-likeness (QED) is 0.882. The number of amides is 2. The van der Waals surface area contributed by atoms with Gasteiger partial charge in [-0.15, -0.1) is 11.3 Å². The van der Waals surface area contributed by atoms with E-state index in [1.807, 2.05) is 36.1 Å². The first-order valence-corrected chi connectivity index (χ1v) is 8.26. The molecule has 1 unspecified atom stereocenters. The molecule has 0 spiro atoms. The van der Waals surface area contributed by atoms with Crippen LogP contribution in [0.1, 0.15) is 29.0 Å². The first-order valence-electron chi connectivity index (χ1n) is 7.00. The van der Waals surface area contributed by atoms with Crippen molar-refractivity contribution in [2.24, 2.45) is 0 Å². The second kappa shape index (κ2) is 6.08. The number of nitrogens with zero attached hydrogens (tertiary/aromatic N) is 1. The van der Waals surface area contributed by atoms with E-state index in [2.05, 4.69) is 16.8 Å². The van der Waals surface area contributed by atoms with Crippen LogP contribution in [0.15, 0.2) is 35.7 Å². The highest BCUT2D eigenvalue weighted by Gasteiger charge is 2.23. The molecular formula is C16H17ClN2OS. The summed E-state index contributed by atoms with van der Waals surface area (Å²) in [5, 5.41) is 5.82. The Morgan fingerprint density at radius 1 is 1.38 bits per heavy atom. The number of fused-ring (bicyclic) bond motifs is 1. The van der Waals surface area contributed by atoms with Crippen molar-refractivity contribution in [2.45, 2.75) is 25.9 Å². The van der Waals surface area contributed by atoms with Crippen LogP contribution in [0.25, 0.3) is 0 Å². The summed E-state index contributed by atoms with van der Waals surface area (Å²) in [6.07, 6.45) is 0.945. The molecule has 1 aliphatic rings. The molecule has 5 heteroatoms. The van der Waals surface area contributed by atoms with Gasteiger partial charge in [0, 0.05) is 23.0 Å². The van der Waals surface area contributed by atoms with Gasteiger partial charge in [0.15, 0.2) is 0 Å². The molecule has 2 amide bonds. The molecule has 1 atom stereocenters. The van der Waals surface area contributed by atoms with E-state index < -0.39 is 0 Å². The predicted molar refractivity (Wildman–Crippen MR) is 86.8 cm³/mol. The molecule has 1 aromatic carbocycles. The molecule has 3 nitrogen and oxygen atoms in total. The largest absolute Gasteiger partial charge is 0.331 e. The number of rotatable bonds is 2. The van der Waals surface area contributed by atoms with E-state index in [0.29, 0.717) is 11.6 Å². The fourth-order valence-electron chi connectivity index (χ4n) is 2.60. The fourth-order valence-corrected chi connectivity index (χ4v) is 3.79. The molecule has 0 fully saturated rings. The van der Waals surface area contributed by atoms with Gasteiger partial charge in [-0.1, -0.05) is 29.8 Å². The lowest BCUT2D eigenvalue weighted by Gasteiger charge is -2.29. The van der Waals surface area contributed by atoms with Crippen LogP contribution in [0.4, 0.5) is 4.79 Å². The van der Waals surface area contributed by atoms with Gasteiger partial charge in [-0.2, -0.15) is 0 Å². The molecule has 1 N–H and O–H groups in total. The molecule has 21 heavy (non-hydrogen) atoms. The summed E-state index contributed by atoms with van der Waals surface area (Å²) < 4.78 is 0. The molecular weight excluding hydrogens is 304 g/mol. The van der Waals surface area contributed by atoms with Crippen LogP contribution in [-0.4, -0.2) is 17.5 Å². The molecule has 0 aliphatic carbocycles. The summed E-state index contributed by atoms with van der Waals surface area (Å²) >= 11 is 7.95. The zero-order chi connectivity index (χ0) is 14.8. The molecule has 3 rings (SSSR count). The van der Waals surface area contributed by atoms with Gasteiger partial charge in [0.2, 0.25) is 0 Å². The van der Waals surface area contributed by atoms with Crippen LogP contribution in [-0.2, 0) is 13.0 Å². The Morgan fingerprint density at radius 3 is 3.00 bits per heavy atom. The normalized spacial score (nSPS) is 15.4. The molecule has 0 saturated heterocycles. The smallest absolute Gasteiger partial charge is 0.318 e. The first-order chi connectivity index (χ1) is 10.1. The SMILES string of the molecule is CC(NC(=O)N1CCc2sccc2C1)c1ccccc1Cl. The Kier molecular flexibility index (Phi) is 4.17. The third-order valence-corrected chi connectivity index (χ3v) is 5.17. The molecule has 0 saturated carbocycles. The van der Waals surface area contributed by atoms with Crippen LogP contribution in [0, 0.1) is 0 Å². The van der Waals surface area contributed by atoms with Gasteiger partial charge in [0.25, 0.3) is 0 Å². The highest BCUT2D eigenvalue weighted by molar-refractivity contribution is 7.10. The van der Waals surface area contributed by atoms with E-state index >= 15 is 0 Å². The van der Waals surface area contributed by atoms with Crippen LogP contribution < -0.4 is 5.32 Å². The van der Waals surface area contributed by atoms with Gasteiger partial charge in [-0.3, -0.25) is 0 Å². The van der Waals surface area contributed by atoms with E-state index in [-0.39, 0.29) is 12.1 Å². The number of halogens is 1. The van der Waals surface area contributed by atoms with Crippen LogP contribution >= 0.6 is 22.9 Å².